The molecule has 1 aliphatic rings. The third kappa shape index (κ3) is 5.97. The second-order valence-electron chi connectivity index (χ2n) is 10.00. The van der Waals surface area contributed by atoms with Crippen molar-refractivity contribution >= 4 is 39.7 Å². The number of primary amides is 1. The third-order valence-corrected chi connectivity index (χ3v) is 6.92. The van der Waals surface area contributed by atoms with Gasteiger partial charge in [0.2, 0.25) is 0 Å². The fraction of sp³-hybridized carbons (Fsp3) is 0.385. The van der Waals surface area contributed by atoms with Crippen molar-refractivity contribution in [2.45, 2.75) is 52.0 Å². The van der Waals surface area contributed by atoms with E-state index in [9.17, 15) is 9.59 Å². The second-order valence-corrected chi connectivity index (χ2v) is 10.8. The molecule has 2 amide bonds. The fourth-order valence-corrected chi connectivity index (χ4v) is 4.87. The first-order valence-corrected chi connectivity index (χ1v) is 12.5. The Morgan fingerprint density at radius 2 is 1.91 bits per heavy atom. The van der Waals surface area contributed by atoms with E-state index in [1.807, 2.05) is 43.3 Å². The molecule has 0 bridgehead atoms. The van der Waals surface area contributed by atoms with E-state index in [-0.39, 0.29) is 23.1 Å². The van der Waals surface area contributed by atoms with Crippen molar-refractivity contribution in [3.05, 3.63) is 65.1 Å². The number of rotatable bonds is 6. The molecule has 0 saturated carbocycles. The molecule has 9 heteroatoms. The van der Waals surface area contributed by atoms with Gasteiger partial charge >= 0.3 is 0 Å². The molecule has 8 nitrogen and oxygen atoms in total. The molecule has 0 spiro atoms. The summed E-state index contributed by atoms with van der Waals surface area (Å²) in [5.41, 5.74) is 9.94. The monoisotopic (exact) mass is 492 g/mol. The summed E-state index contributed by atoms with van der Waals surface area (Å²) >= 11 is 1.31. The van der Waals surface area contributed by atoms with E-state index < -0.39 is 5.91 Å². The number of pyridine rings is 1. The summed E-state index contributed by atoms with van der Waals surface area (Å²) in [6.07, 6.45) is 3.50. The molecule has 1 atom stereocenters. The highest BCUT2D eigenvalue weighted by Crippen LogP contribution is 2.29. The van der Waals surface area contributed by atoms with Crippen molar-refractivity contribution in [2.24, 2.45) is 5.73 Å². The number of aromatic nitrogens is 2. The SMILES string of the molecule is Cc1cc(Nc2cc(N3CCC[C@H](NC(=O)c4ccc(C(C)(C)C)cc4)C3)cnc2C(N)=O)sn1. The van der Waals surface area contributed by atoms with E-state index in [1.165, 1.54) is 17.1 Å². The minimum Gasteiger partial charge on any atom is -0.368 e. The molecule has 1 aliphatic heterocycles. The Balaban J connectivity index is 1.47. The number of carbonyl (C=O) groups excluding carboxylic acids is 2. The van der Waals surface area contributed by atoms with Crippen molar-refractivity contribution in [3.63, 3.8) is 0 Å². The summed E-state index contributed by atoms with van der Waals surface area (Å²) in [4.78, 5) is 31.3. The minimum atomic E-state index is -0.596. The summed E-state index contributed by atoms with van der Waals surface area (Å²) in [6, 6.07) is 11.6. The van der Waals surface area contributed by atoms with Crippen LogP contribution < -0.4 is 21.3 Å². The summed E-state index contributed by atoms with van der Waals surface area (Å²) in [6.45, 7) is 9.87. The molecule has 184 valence electrons. The predicted octanol–water partition coefficient (Wildman–Crippen LogP) is 4.39. The Bertz CT molecular complexity index is 1220. The smallest absolute Gasteiger partial charge is 0.269 e. The third-order valence-electron chi connectivity index (χ3n) is 6.13. The first-order chi connectivity index (χ1) is 16.6. The van der Waals surface area contributed by atoms with E-state index in [1.54, 1.807) is 6.20 Å². The van der Waals surface area contributed by atoms with Crippen molar-refractivity contribution in [3.8, 4) is 0 Å². The Hall–Kier alpha value is -3.46. The van der Waals surface area contributed by atoms with Crippen molar-refractivity contribution in [1.82, 2.24) is 14.7 Å². The topological polar surface area (TPSA) is 113 Å². The van der Waals surface area contributed by atoms with Crippen LogP contribution in [0.4, 0.5) is 16.4 Å². The van der Waals surface area contributed by atoms with Crippen molar-refractivity contribution in [2.75, 3.05) is 23.3 Å². The van der Waals surface area contributed by atoms with Crippen molar-refractivity contribution < 1.29 is 9.59 Å². The van der Waals surface area contributed by atoms with E-state index in [0.717, 1.165) is 35.8 Å². The van der Waals surface area contributed by atoms with Crippen LogP contribution in [0, 0.1) is 6.92 Å². The fourth-order valence-electron chi connectivity index (χ4n) is 4.19. The normalized spacial score (nSPS) is 16.1. The quantitative estimate of drug-likeness (QED) is 0.470. The number of nitrogens with zero attached hydrogens (tertiary/aromatic N) is 3. The largest absolute Gasteiger partial charge is 0.368 e. The van der Waals surface area contributed by atoms with Crippen LogP contribution in [-0.4, -0.2) is 40.3 Å². The Kier molecular flexibility index (Phi) is 7.07. The summed E-state index contributed by atoms with van der Waals surface area (Å²) in [5.74, 6) is -0.663. The molecule has 4 N–H and O–H groups in total. The van der Waals surface area contributed by atoms with Gasteiger partial charge in [-0.3, -0.25) is 9.59 Å². The number of anilines is 3. The lowest BCUT2D eigenvalue weighted by Crippen LogP contribution is -2.47. The number of carbonyl (C=O) groups is 2. The highest BCUT2D eigenvalue weighted by atomic mass is 32.1. The zero-order valence-electron chi connectivity index (χ0n) is 20.6. The molecule has 2 aromatic heterocycles. The highest BCUT2D eigenvalue weighted by molar-refractivity contribution is 7.10. The number of hydrogen-bond acceptors (Lipinski definition) is 7. The number of amides is 2. The molecule has 3 aromatic rings. The molecular formula is C26H32N6O2S. The van der Waals surface area contributed by atoms with Gasteiger partial charge in [-0.15, -0.1) is 0 Å². The van der Waals surface area contributed by atoms with Gasteiger partial charge < -0.3 is 21.3 Å². The highest BCUT2D eigenvalue weighted by Gasteiger charge is 2.24. The van der Waals surface area contributed by atoms with Crippen molar-refractivity contribution in [1.29, 1.82) is 0 Å². The number of nitrogens with two attached hydrogens (primary N) is 1. The van der Waals surface area contributed by atoms with E-state index in [0.29, 0.717) is 17.8 Å². The molecule has 35 heavy (non-hydrogen) atoms. The number of nitrogens with one attached hydrogen (secondary N) is 2. The molecule has 4 rings (SSSR count). The lowest BCUT2D eigenvalue weighted by atomic mass is 9.86. The zero-order valence-corrected chi connectivity index (χ0v) is 21.4. The average Bonchev–Trinajstić information content (AvgIpc) is 3.23. The molecule has 1 saturated heterocycles. The van der Waals surface area contributed by atoms with Gasteiger partial charge in [0, 0.05) is 24.7 Å². The lowest BCUT2D eigenvalue weighted by molar-refractivity contribution is 0.0932. The Morgan fingerprint density at radius 1 is 1.17 bits per heavy atom. The Labute approximate surface area is 210 Å². The van der Waals surface area contributed by atoms with Gasteiger partial charge in [0.15, 0.2) is 5.69 Å². The second kappa shape index (κ2) is 10.0. The molecule has 0 aliphatic carbocycles. The van der Waals surface area contributed by atoms with Gasteiger partial charge in [-0.25, -0.2) is 4.98 Å². The number of benzene rings is 1. The van der Waals surface area contributed by atoms with Crippen LogP contribution in [0.5, 0.6) is 0 Å². The number of aryl methyl sites for hydroxylation is 1. The van der Waals surface area contributed by atoms with Gasteiger partial charge in [-0.05, 0) is 66.5 Å². The van der Waals surface area contributed by atoms with Gasteiger partial charge in [-0.1, -0.05) is 32.9 Å². The average molecular weight is 493 g/mol. The molecule has 1 aromatic carbocycles. The minimum absolute atomic E-state index is 0.00918. The molecule has 1 fully saturated rings. The van der Waals surface area contributed by atoms with E-state index in [4.69, 9.17) is 5.73 Å². The van der Waals surface area contributed by atoms with Crippen LogP contribution in [0.15, 0.2) is 42.6 Å². The molecule has 0 unspecified atom stereocenters. The number of piperidine rings is 1. The van der Waals surface area contributed by atoms with Gasteiger partial charge in [0.25, 0.3) is 11.8 Å². The number of hydrogen-bond donors (Lipinski definition) is 3. The molecular weight excluding hydrogens is 460 g/mol. The van der Waals surface area contributed by atoms with Crippen LogP contribution in [0.1, 0.15) is 65.7 Å². The van der Waals surface area contributed by atoms with Gasteiger partial charge in [-0.2, -0.15) is 4.37 Å². The van der Waals surface area contributed by atoms with Crippen LogP contribution in [0.25, 0.3) is 0 Å². The van der Waals surface area contributed by atoms with Crippen LogP contribution >= 0.6 is 11.5 Å². The summed E-state index contributed by atoms with van der Waals surface area (Å²) < 4.78 is 4.27. The summed E-state index contributed by atoms with van der Waals surface area (Å²) in [5, 5.41) is 7.22. The van der Waals surface area contributed by atoms with E-state index >= 15 is 0 Å². The maximum atomic E-state index is 12.9. The molecule has 3 heterocycles. The Morgan fingerprint density at radius 3 is 2.54 bits per heavy atom. The van der Waals surface area contributed by atoms with E-state index in [2.05, 4.69) is 45.7 Å². The van der Waals surface area contributed by atoms with Crippen LogP contribution in [0.3, 0.4) is 0 Å². The maximum absolute atomic E-state index is 12.9. The van der Waals surface area contributed by atoms with Gasteiger partial charge in [0.1, 0.15) is 5.00 Å². The lowest BCUT2D eigenvalue weighted by Gasteiger charge is -2.35. The van der Waals surface area contributed by atoms with Gasteiger partial charge in [0.05, 0.1) is 23.3 Å². The zero-order chi connectivity index (χ0) is 25.2. The summed E-state index contributed by atoms with van der Waals surface area (Å²) in [7, 11) is 0. The maximum Gasteiger partial charge on any atom is 0.269 e. The van der Waals surface area contributed by atoms with Crippen LogP contribution in [-0.2, 0) is 5.41 Å². The standard InChI is InChI=1S/C26H32N6O2S/c1-16-12-22(35-31-16)30-21-13-20(14-28-23(21)24(27)33)32-11-5-6-19(15-32)29-25(34)17-7-9-18(10-8-17)26(2,3)4/h7-10,12-14,19,30H,5-6,11,15H2,1-4H3,(H2,27,33)(H,29,34)/t19-/m0/s1. The first kappa shape index (κ1) is 24.7. The molecule has 0 radical (unpaired) electrons. The van der Waals surface area contributed by atoms with Crippen LogP contribution in [0.2, 0.25) is 0 Å². The first-order valence-electron chi connectivity index (χ1n) is 11.8. The predicted molar refractivity (Wildman–Crippen MR) is 141 cm³/mol.